The molecule has 0 saturated carbocycles. The third kappa shape index (κ3) is 6.45. The second-order valence-corrected chi connectivity index (χ2v) is 8.50. The smallest absolute Gasteiger partial charge is 0.343 e. The second kappa shape index (κ2) is 12.0. The van der Waals surface area contributed by atoms with Crippen LogP contribution in [0, 0.1) is 0 Å². The molecule has 1 amide bonds. The number of esters is 1. The van der Waals surface area contributed by atoms with E-state index in [1.54, 1.807) is 55.6 Å². The van der Waals surface area contributed by atoms with Gasteiger partial charge in [-0.1, -0.05) is 30.3 Å². The van der Waals surface area contributed by atoms with Gasteiger partial charge in [-0.05, 0) is 80.8 Å². The Kier molecular flexibility index (Phi) is 8.37. The van der Waals surface area contributed by atoms with Crippen molar-refractivity contribution in [2.24, 2.45) is 5.10 Å². The first-order valence-corrected chi connectivity index (χ1v) is 11.9. The number of nitrogens with zero attached hydrogens (tertiary/aromatic N) is 1. The highest BCUT2D eigenvalue weighted by Gasteiger charge is 2.13. The minimum atomic E-state index is -0.535. The lowest BCUT2D eigenvalue weighted by atomic mass is 10.1. The highest BCUT2D eigenvalue weighted by molar-refractivity contribution is 9.10. The fourth-order valence-electron chi connectivity index (χ4n) is 3.41. The van der Waals surface area contributed by atoms with Crippen molar-refractivity contribution in [2.45, 2.75) is 0 Å². The molecule has 4 aromatic carbocycles. The van der Waals surface area contributed by atoms with Crippen LogP contribution in [0.15, 0.2) is 88.4 Å². The van der Waals surface area contributed by atoms with Crippen LogP contribution in [-0.4, -0.2) is 38.9 Å². The van der Waals surface area contributed by atoms with Crippen LogP contribution in [0.2, 0.25) is 0 Å². The Hall–Kier alpha value is -4.37. The Morgan fingerprint density at radius 1 is 0.892 bits per heavy atom. The van der Waals surface area contributed by atoms with Gasteiger partial charge in [-0.15, -0.1) is 0 Å². The number of halogens is 1. The van der Waals surface area contributed by atoms with Gasteiger partial charge in [0.1, 0.15) is 11.5 Å². The molecule has 188 valence electrons. The van der Waals surface area contributed by atoms with E-state index < -0.39 is 11.9 Å². The van der Waals surface area contributed by atoms with Crippen molar-refractivity contribution in [3.63, 3.8) is 0 Å². The maximum absolute atomic E-state index is 12.5. The summed E-state index contributed by atoms with van der Waals surface area (Å²) in [7, 11) is 3.01. The van der Waals surface area contributed by atoms with Gasteiger partial charge >= 0.3 is 5.97 Å². The Morgan fingerprint density at radius 3 is 2.41 bits per heavy atom. The molecule has 0 aromatic heterocycles. The van der Waals surface area contributed by atoms with Crippen molar-refractivity contribution < 1.29 is 28.5 Å². The molecule has 37 heavy (non-hydrogen) atoms. The van der Waals surface area contributed by atoms with Crippen LogP contribution in [0.4, 0.5) is 0 Å². The van der Waals surface area contributed by atoms with Gasteiger partial charge < -0.3 is 18.9 Å². The van der Waals surface area contributed by atoms with E-state index in [0.29, 0.717) is 28.4 Å². The Balaban J connectivity index is 1.33. The molecule has 0 radical (unpaired) electrons. The van der Waals surface area contributed by atoms with Crippen LogP contribution in [0.1, 0.15) is 15.9 Å². The zero-order chi connectivity index (χ0) is 26.2. The molecular formula is C28H23BrN2O6. The summed E-state index contributed by atoms with van der Waals surface area (Å²) in [6, 6.07) is 23.1. The van der Waals surface area contributed by atoms with Gasteiger partial charge in [0.05, 0.1) is 30.5 Å². The molecule has 4 rings (SSSR count). The first kappa shape index (κ1) is 25.7. The summed E-state index contributed by atoms with van der Waals surface area (Å²) in [4.78, 5) is 24.7. The number of hydrazone groups is 1. The van der Waals surface area contributed by atoms with Gasteiger partial charge in [0.25, 0.3) is 5.91 Å². The zero-order valence-electron chi connectivity index (χ0n) is 20.1. The number of amides is 1. The molecule has 0 saturated heterocycles. The van der Waals surface area contributed by atoms with Gasteiger partial charge in [-0.25, -0.2) is 10.2 Å². The molecule has 4 aromatic rings. The molecule has 0 aliphatic carbocycles. The van der Waals surface area contributed by atoms with Crippen LogP contribution in [0.5, 0.6) is 23.0 Å². The molecule has 0 bridgehead atoms. The lowest BCUT2D eigenvalue weighted by molar-refractivity contribution is -0.123. The van der Waals surface area contributed by atoms with Crippen LogP contribution < -0.4 is 24.4 Å². The number of fused-ring (bicyclic) bond motifs is 1. The number of rotatable bonds is 9. The monoisotopic (exact) mass is 562 g/mol. The molecule has 0 fully saturated rings. The number of nitrogens with one attached hydrogen (secondary N) is 1. The van der Waals surface area contributed by atoms with E-state index in [1.807, 2.05) is 30.3 Å². The van der Waals surface area contributed by atoms with Crippen molar-refractivity contribution in [3.05, 3.63) is 94.5 Å². The predicted molar refractivity (Wildman–Crippen MR) is 144 cm³/mol. The Labute approximate surface area is 221 Å². The summed E-state index contributed by atoms with van der Waals surface area (Å²) in [5, 5.41) is 6.02. The molecule has 0 spiro atoms. The summed E-state index contributed by atoms with van der Waals surface area (Å²) in [6.07, 6.45) is 1.45. The first-order chi connectivity index (χ1) is 18.0. The number of hydrogen-bond acceptors (Lipinski definition) is 7. The highest BCUT2D eigenvalue weighted by Crippen LogP contribution is 2.33. The molecule has 8 nitrogen and oxygen atoms in total. The second-order valence-electron chi connectivity index (χ2n) is 7.71. The third-order valence-corrected chi connectivity index (χ3v) is 6.12. The molecule has 0 atom stereocenters. The average Bonchev–Trinajstić information content (AvgIpc) is 2.93. The van der Waals surface area contributed by atoms with E-state index in [4.69, 9.17) is 18.9 Å². The molecular weight excluding hydrogens is 540 g/mol. The van der Waals surface area contributed by atoms with Gasteiger partial charge in [0.15, 0.2) is 18.1 Å². The van der Waals surface area contributed by atoms with Crippen LogP contribution in [-0.2, 0) is 4.79 Å². The van der Waals surface area contributed by atoms with E-state index in [0.717, 1.165) is 15.2 Å². The van der Waals surface area contributed by atoms with Crippen molar-refractivity contribution >= 4 is 44.8 Å². The Bertz CT molecular complexity index is 1450. The number of hydrogen-bond donors (Lipinski definition) is 1. The van der Waals surface area contributed by atoms with Gasteiger partial charge in [-0.2, -0.15) is 5.10 Å². The van der Waals surface area contributed by atoms with Crippen LogP contribution in [0.3, 0.4) is 0 Å². The first-order valence-electron chi connectivity index (χ1n) is 11.1. The van der Waals surface area contributed by atoms with Gasteiger partial charge in [0.2, 0.25) is 0 Å². The summed E-state index contributed by atoms with van der Waals surface area (Å²) >= 11 is 3.53. The topological polar surface area (TPSA) is 95.5 Å². The lowest BCUT2D eigenvalue weighted by Crippen LogP contribution is -2.24. The van der Waals surface area contributed by atoms with Crippen LogP contribution >= 0.6 is 15.9 Å². The van der Waals surface area contributed by atoms with Crippen molar-refractivity contribution in [2.75, 3.05) is 20.8 Å². The summed E-state index contributed by atoms with van der Waals surface area (Å²) in [5.74, 6) is 0.821. The highest BCUT2D eigenvalue weighted by atomic mass is 79.9. The predicted octanol–water partition coefficient (Wildman–Crippen LogP) is 5.37. The molecule has 1 N–H and O–H groups in total. The van der Waals surface area contributed by atoms with Crippen molar-refractivity contribution in [3.8, 4) is 23.0 Å². The molecule has 0 aliphatic rings. The minimum absolute atomic E-state index is 0.210. The van der Waals surface area contributed by atoms with E-state index in [9.17, 15) is 9.59 Å². The number of ether oxygens (including phenoxy) is 4. The van der Waals surface area contributed by atoms with Gasteiger partial charge in [0, 0.05) is 0 Å². The van der Waals surface area contributed by atoms with E-state index >= 15 is 0 Å². The largest absolute Gasteiger partial charge is 0.497 e. The standard InChI is InChI=1S/C28H23BrN2O6/c1-34-21-11-8-20(9-12-21)28(33)37-23-13-7-18(15-25(23)35-2)16-30-31-26(32)17-36-24-14-10-19-5-3-4-6-22(19)27(24)29/h3-16H,17H2,1-2H3,(H,31,32)/b30-16-. The summed E-state index contributed by atoms with van der Waals surface area (Å²) < 4.78 is 22.3. The van der Waals surface area contributed by atoms with Crippen molar-refractivity contribution in [1.82, 2.24) is 5.43 Å². The fraction of sp³-hybridized carbons (Fsp3) is 0.107. The molecule has 0 unspecified atom stereocenters. The lowest BCUT2D eigenvalue weighted by Gasteiger charge is -2.10. The quantitative estimate of drug-likeness (QED) is 0.127. The maximum Gasteiger partial charge on any atom is 0.343 e. The number of methoxy groups -OCH3 is 2. The average molecular weight is 563 g/mol. The molecule has 0 aliphatic heterocycles. The third-order valence-electron chi connectivity index (χ3n) is 5.31. The summed E-state index contributed by atoms with van der Waals surface area (Å²) in [5.41, 5.74) is 3.42. The van der Waals surface area contributed by atoms with Crippen LogP contribution in [0.25, 0.3) is 10.8 Å². The number of carbonyl (C=O) groups excluding carboxylic acids is 2. The number of carbonyl (C=O) groups is 2. The fourth-order valence-corrected chi connectivity index (χ4v) is 4.02. The van der Waals surface area contributed by atoms with E-state index in [2.05, 4.69) is 26.5 Å². The maximum atomic E-state index is 12.5. The Morgan fingerprint density at radius 2 is 1.65 bits per heavy atom. The normalized spacial score (nSPS) is 10.8. The zero-order valence-corrected chi connectivity index (χ0v) is 21.7. The minimum Gasteiger partial charge on any atom is -0.497 e. The van der Waals surface area contributed by atoms with Gasteiger partial charge in [-0.3, -0.25) is 4.79 Å². The van der Waals surface area contributed by atoms with E-state index in [1.165, 1.54) is 13.3 Å². The summed E-state index contributed by atoms with van der Waals surface area (Å²) in [6.45, 7) is -0.210. The SMILES string of the molecule is COc1ccc(C(=O)Oc2ccc(/C=N\NC(=O)COc3ccc4ccccc4c3Br)cc2OC)cc1. The van der Waals surface area contributed by atoms with E-state index in [-0.39, 0.29) is 12.4 Å². The van der Waals surface area contributed by atoms with Crippen molar-refractivity contribution in [1.29, 1.82) is 0 Å². The molecule has 0 heterocycles. The molecule has 9 heteroatoms. The number of benzene rings is 4.